The molecule has 0 spiro atoms. The van der Waals surface area contributed by atoms with Gasteiger partial charge in [0.15, 0.2) is 5.75 Å². The Morgan fingerprint density at radius 3 is 2.63 bits per heavy atom. The summed E-state index contributed by atoms with van der Waals surface area (Å²) in [6.07, 6.45) is 1.84. The van der Waals surface area contributed by atoms with E-state index in [9.17, 15) is 19.6 Å². The highest BCUT2D eigenvalue weighted by molar-refractivity contribution is 8.03. The van der Waals surface area contributed by atoms with Crippen LogP contribution >= 0.6 is 35.0 Å². The lowest BCUT2D eigenvalue weighted by molar-refractivity contribution is -0.150. The van der Waals surface area contributed by atoms with Gasteiger partial charge in [0.05, 0.1) is 52.3 Å². The van der Waals surface area contributed by atoms with Gasteiger partial charge in [0.1, 0.15) is 5.92 Å². The molecule has 0 aromatic heterocycles. The molecule has 2 amide bonds. The maximum Gasteiger partial charge on any atom is 0.319 e. The smallest absolute Gasteiger partial charge is 0.319 e. The van der Waals surface area contributed by atoms with Gasteiger partial charge in [0.25, 0.3) is 0 Å². The Kier molecular flexibility index (Phi) is 9.69. The van der Waals surface area contributed by atoms with Gasteiger partial charge in [0, 0.05) is 19.1 Å². The van der Waals surface area contributed by atoms with Crippen LogP contribution in [0.4, 0.5) is 0 Å². The van der Waals surface area contributed by atoms with Crippen molar-refractivity contribution in [2.45, 2.75) is 31.8 Å². The molecule has 1 fully saturated rings. The maximum atomic E-state index is 13.0. The van der Waals surface area contributed by atoms with Gasteiger partial charge in [-0.25, -0.2) is 0 Å². The number of nitrogens with zero attached hydrogens (tertiary/aromatic N) is 1. The van der Waals surface area contributed by atoms with E-state index < -0.39 is 23.7 Å². The van der Waals surface area contributed by atoms with E-state index in [2.05, 4.69) is 16.7 Å². The highest BCUT2D eigenvalue weighted by atomic mass is 35.5. The molecule has 3 rings (SSSR count). The number of nitrogens with one attached hydrogen (secondary N) is 2. The van der Waals surface area contributed by atoms with E-state index in [0.29, 0.717) is 25.3 Å². The van der Waals surface area contributed by atoms with E-state index >= 15 is 0 Å². The van der Waals surface area contributed by atoms with E-state index in [-0.39, 0.29) is 44.2 Å². The van der Waals surface area contributed by atoms with Gasteiger partial charge in [-0.2, -0.15) is 5.26 Å². The number of nitriles is 1. The summed E-state index contributed by atoms with van der Waals surface area (Å²) in [5, 5.41) is 15.9. The number of halogens is 2. The molecule has 1 aromatic carbocycles. The standard InChI is InChI=1S/C23H25Cl2N3O6S/c1-3-33-20-15(24)7-12(8-16(20)25)18-14(9-26)22(28-21(30)19(18)23(31)32-2)35-11-17(29)27-10-13-5-4-6-34-13/h7-8,13,18-19H,3-6,10-11H2,1-2H3,(H,27,29)(H,28,30)/t13-,18-,19+/m1/s1. The lowest BCUT2D eigenvalue weighted by Crippen LogP contribution is -2.44. The minimum atomic E-state index is -1.35. The topological polar surface area (TPSA) is 127 Å². The second-order valence-electron chi connectivity index (χ2n) is 7.80. The average Bonchev–Trinajstić information content (AvgIpc) is 3.36. The van der Waals surface area contributed by atoms with E-state index in [1.54, 1.807) is 6.92 Å². The second kappa shape index (κ2) is 12.5. The number of hydrogen-bond acceptors (Lipinski definition) is 8. The molecule has 1 saturated heterocycles. The molecule has 35 heavy (non-hydrogen) atoms. The summed E-state index contributed by atoms with van der Waals surface area (Å²) < 4.78 is 15.8. The Morgan fingerprint density at radius 1 is 1.34 bits per heavy atom. The monoisotopic (exact) mass is 541 g/mol. The van der Waals surface area contributed by atoms with Gasteiger partial charge in [-0.05, 0) is 37.5 Å². The zero-order valence-corrected chi connectivity index (χ0v) is 21.5. The fourth-order valence-corrected chi connectivity index (χ4v) is 5.43. The van der Waals surface area contributed by atoms with Crippen molar-refractivity contribution in [2.75, 3.05) is 32.6 Å². The van der Waals surface area contributed by atoms with Crippen molar-refractivity contribution in [3.05, 3.63) is 38.3 Å². The minimum Gasteiger partial charge on any atom is -0.491 e. The molecule has 0 saturated carbocycles. The number of esters is 1. The third kappa shape index (κ3) is 6.41. The Morgan fingerprint density at radius 2 is 2.06 bits per heavy atom. The van der Waals surface area contributed by atoms with E-state index in [0.717, 1.165) is 31.7 Å². The molecule has 0 bridgehead atoms. The molecule has 188 valence electrons. The van der Waals surface area contributed by atoms with Crippen molar-refractivity contribution < 1.29 is 28.6 Å². The van der Waals surface area contributed by atoms with Crippen molar-refractivity contribution >= 4 is 52.7 Å². The lowest BCUT2D eigenvalue weighted by atomic mass is 9.78. The largest absolute Gasteiger partial charge is 0.491 e. The van der Waals surface area contributed by atoms with Crippen molar-refractivity contribution in [2.24, 2.45) is 5.92 Å². The molecule has 2 aliphatic rings. The van der Waals surface area contributed by atoms with Crippen LogP contribution in [-0.2, 0) is 23.9 Å². The van der Waals surface area contributed by atoms with Crippen LogP contribution in [0.15, 0.2) is 22.7 Å². The van der Waals surface area contributed by atoms with Crippen molar-refractivity contribution in [1.82, 2.24) is 10.6 Å². The molecule has 1 aromatic rings. The zero-order valence-electron chi connectivity index (χ0n) is 19.2. The Bertz CT molecular complexity index is 1040. The first-order chi connectivity index (χ1) is 16.8. The summed E-state index contributed by atoms with van der Waals surface area (Å²) in [6, 6.07) is 5.09. The summed E-state index contributed by atoms with van der Waals surface area (Å²) in [6.45, 7) is 3.18. The first kappa shape index (κ1) is 27.1. The Balaban J connectivity index is 1.90. The molecule has 12 heteroatoms. The maximum absolute atomic E-state index is 13.0. The van der Waals surface area contributed by atoms with Crippen LogP contribution in [0, 0.1) is 17.2 Å². The fraction of sp³-hybridized carbons (Fsp3) is 0.478. The Hall–Kier alpha value is -2.45. The van der Waals surface area contributed by atoms with Crippen LogP contribution in [-0.4, -0.2) is 56.5 Å². The van der Waals surface area contributed by atoms with Crippen molar-refractivity contribution in [1.29, 1.82) is 5.26 Å². The van der Waals surface area contributed by atoms with Crippen LogP contribution in [0.5, 0.6) is 5.75 Å². The number of thioether (sulfide) groups is 1. The average molecular weight is 542 g/mol. The summed E-state index contributed by atoms with van der Waals surface area (Å²) in [7, 11) is 1.16. The fourth-order valence-electron chi connectivity index (χ4n) is 3.94. The lowest BCUT2D eigenvalue weighted by Gasteiger charge is -2.31. The first-order valence-electron chi connectivity index (χ1n) is 11.0. The molecule has 0 radical (unpaired) electrons. The minimum absolute atomic E-state index is 0.00781. The number of rotatable bonds is 9. The predicted octanol–water partition coefficient (Wildman–Crippen LogP) is 3.16. The van der Waals surface area contributed by atoms with E-state index in [4.69, 9.17) is 37.4 Å². The number of hydrogen-bond donors (Lipinski definition) is 2. The summed E-state index contributed by atoms with van der Waals surface area (Å²) in [4.78, 5) is 37.9. The van der Waals surface area contributed by atoms with Crippen LogP contribution in [0.3, 0.4) is 0 Å². The van der Waals surface area contributed by atoms with Gasteiger partial charge in [0.2, 0.25) is 11.8 Å². The number of amides is 2. The third-order valence-corrected chi connectivity index (χ3v) is 7.13. The summed E-state index contributed by atoms with van der Waals surface area (Å²) in [5.41, 5.74) is 0.458. The number of ether oxygens (including phenoxy) is 3. The Labute approximate surface area is 217 Å². The molecular formula is C23H25Cl2N3O6S. The van der Waals surface area contributed by atoms with Gasteiger partial charge in [-0.15, -0.1) is 0 Å². The van der Waals surface area contributed by atoms with Crippen LogP contribution in [0.2, 0.25) is 10.0 Å². The number of carbonyl (C=O) groups is 3. The van der Waals surface area contributed by atoms with Crippen LogP contribution in [0.1, 0.15) is 31.2 Å². The molecular weight excluding hydrogens is 517 g/mol. The van der Waals surface area contributed by atoms with Crippen LogP contribution in [0.25, 0.3) is 0 Å². The zero-order chi connectivity index (χ0) is 25.5. The second-order valence-corrected chi connectivity index (χ2v) is 9.60. The molecule has 3 atom stereocenters. The number of carbonyl (C=O) groups excluding carboxylic acids is 3. The van der Waals surface area contributed by atoms with E-state index in [1.165, 1.54) is 12.1 Å². The summed E-state index contributed by atoms with van der Waals surface area (Å²) >= 11 is 13.7. The van der Waals surface area contributed by atoms with Crippen molar-refractivity contribution in [3.63, 3.8) is 0 Å². The summed E-state index contributed by atoms with van der Waals surface area (Å²) in [5.74, 6) is -3.92. The predicted molar refractivity (Wildman–Crippen MR) is 131 cm³/mol. The molecule has 2 aliphatic heterocycles. The van der Waals surface area contributed by atoms with Gasteiger partial charge < -0.3 is 24.8 Å². The number of methoxy groups -OCH3 is 1. The third-order valence-electron chi connectivity index (χ3n) is 5.55. The molecule has 9 nitrogen and oxygen atoms in total. The molecule has 0 unspecified atom stereocenters. The number of allylic oxidation sites excluding steroid dienone is 1. The quantitative estimate of drug-likeness (QED) is 0.360. The first-order valence-corrected chi connectivity index (χ1v) is 12.7. The van der Waals surface area contributed by atoms with E-state index in [1.807, 2.05) is 0 Å². The molecule has 2 heterocycles. The highest BCUT2D eigenvalue weighted by Gasteiger charge is 2.44. The highest BCUT2D eigenvalue weighted by Crippen LogP contribution is 2.44. The van der Waals surface area contributed by atoms with Gasteiger partial charge in [-0.3, -0.25) is 14.4 Å². The number of benzene rings is 1. The molecule has 0 aliphatic carbocycles. The van der Waals surface area contributed by atoms with Crippen molar-refractivity contribution in [3.8, 4) is 11.8 Å². The van der Waals surface area contributed by atoms with Gasteiger partial charge in [-0.1, -0.05) is 35.0 Å². The van der Waals surface area contributed by atoms with Gasteiger partial charge >= 0.3 is 5.97 Å². The van der Waals surface area contributed by atoms with Crippen LogP contribution < -0.4 is 15.4 Å². The SMILES string of the molecule is CCOc1c(Cl)cc([C@@H]2C(C#N)=C(SCC(=O)NC[C@H]3CCCO3)NC(=O)[C@H]2C(=O)OC)cc1Cl. The normalized spacial score (nSPS) is 21.8. The molecule has 2 N–H and O–H groups in total.